The third-order valence-corrected chi connectivity index (χ3v) is 5.76. The van der Waals surface area contributed by atoms with Crippen molar-refractivity contribution in [1.29, 1.82) is 0 Å². The third-order valence-electron chi connectivity index (χ3n) is 4.64. The van der Waals surface area contributed by atoms with Gasteiger partial charge in [-0.3, -0.25) is 9.36 Å². The van der Waals surface area contributed by atoms with Crippen molar-refractivity contribution in [3.8, 4) is 10.4 Å². The summed E-state index contributed by atoms with van der Waals surface area (Å²) >= 11 is 1.54. The van der Waals surface area contributed by atoms with Crippen LogP contribution in [0.25, 0.3) is 10.4 Å². The topological polar surface area (TPSA) is 107 Å². The van der Waals surface area contributed by atoms with E-state index in [9.17, 15) is 18.8 Å². The summed E-state index contributed by atoms with van der Waals surface area (Å²) in [6.07, 6.45) is 1.08. The Bertz CT molecular complexity index is 1270. The Morgan fingerprint density at radius 2 is 1.89 bits per heavy atom. The number of ether oxygens (including phenoxy) is 1. The molecule has 0 spiro atoms. The molecule has 2 heterocycles. The minimum atomic E-state index is -0.673. The number of carbonyl (C=O) groups is 2. The first-order valence-electron chi connectivity index (χ1n) is 10.9. The molecule has 35 heavy (non-hydrogen) atoms. The van der Waals surface area contributed by atoms with Crippen molar-refractivity contribution in [2.24, 2.45) is 0 Å². The van der Waals surface area contributed by atoms with Crippen LogP contribution in [0, 0.1) is 0 Å². The van der Waals surface area contributed by atoms with Crippen molar-refractivity contribution in [3.63, 3.8) is 0 Å². The predicted molar refractivity (Wildman–Crippen MR) is 133 cm³/mol. The van der Waals surface area contributed by atoms with Crippen molar-refractivity contribution < 1.29 is 18.7 Å². The summed E-state index contributed by atoms with van der Waals surface area (Å²) in [6.45, 7) is 6.74. The van der Waals surface area contributed by atoms with Crippen molar-refractivity contribution in [1.82, 2.24) is 19.7 Å². The molecule has 0 fully saturated rings. The molecule has 0 atom stereocenters. The summed E-state index contributed by atoms with van der Waals surface area (Å²) in [5.41, 5.74) is 0.825. The molecule has 9 nitrogen and oxygen atoms in total. The number of hydrogen-bond acceptors (Lipinski definition) is 6. The number of anilines is 1. The Kier molecular flexibility index (Phi) is 8.23. The molecule has 0 unspecified atom stereocenters. The van der Waals surface area contributed by atoms with Crippen LogP contribution >= 0.6 is 11.3 Å². The van der Waals surface area contributed by atoms with Gasteiger partial charge in [0.1, 0.15) is 11.9 Å². The third kappa shape index (κ3) is 7.64. The largest absolute Gasteiger partial charge is 0.444 e. The molecule has 1 aromatic carbocycles. The quantitative estimate of drug-likeness (QED) is 0.482. The first-order chi connectivity index (χ1) is 16.5. The standard InChI is InChI=1S/C24H28FN5O4S/c1-16(31)28-19-7-5-18(6-8-19)21-10-9-20(35-21)14-29-15-27-30(23(29)33)13-17(11-25)12-26-22(32)34-24(2,3)4/h5-11,15H,12-14H2,1-4H3,(H,26,32)(H,28,31)/b17-11-. The predicted octanol–water partition coefficient (Wildman–Crippen LogP) is 4.16. The van der Waals surface area contributed by atoms with E-state index in [0.29, 0.717) is 12.9 Å². The minimum absolute atomic E-state index is 0.103. The maximum atomic E-state index is 13.3. The SMILES string of the molecule is CC(=O)Nc1ccc(-c2ccc(Cn3cnn(C/C(=C\F)CNC(=O)OC(C)(C)C)c3=O)s2)cc1. The van der Waals surface area contributed by atoms with Crippen LogP contribution in [0.15, 0.2) is 59.4 Å². The highest BCUT2D eigenvalue weighted by atomic mass is 32.1. The fourth-order valence-electron chi connectivity index (χ4n) is 3.12. The molecule has 11 heteroatoms. The van der Waals surface area contributed by atoms with Gasteiger partial charge in [0.05, 0.1) is 19.4 Å². The first-order valence-corrected chi connectivity index (χ1v) is 11.7. The number of benzene rings is 1. The van der Waals surface area contributed by atoms with Gasteiger partial charge in [0.15, 0.2) is 0 Å². The maximum absolute atomic E-state index is 13.3. The number of halogens is 1. The zero-order valence-corrected chi connectivity index (χ0v) is 20.8. The van der Waals surface area contributed by atoms with Gasteiger partial charge in [0.2, 0.25) is 5.91 Å². The lowest BCUT2D eigenvalue weighted by Gasteiger charge is -2.19. The zero-order valence-electron chi connectivity index (χ0n) is 20.0. The Morgan fingerprint density at radius 3 is 2.51 bits per heavy atom. The molecule has 2 amide bonds. The van der Waals surface area contributed by atoms with E-state index in [0.717, 1.165) is 25.7 Å². The van der Waals surface area contributed by atoms with Crippen LogP contribution in [0.3, 0.4) is 0 Å². The van der Waals surface area contributed by atoms with Crippen molar-refractivity contribution in [2.75, 3.05) is 11.9 Å². The molecule has 3 rings (SSSR count). The number of nitrogens with zero attached hydrogens (tertiary/aromatic N) is 3. The Labute approximate surface area is 206 Å². The second-order valence-electron chi connectivity index (χ2n) is 8.85. The number of nitrogens with one attached hydrogen (secondary N) is 2. The zero-order chi connectivity index (χ0) is 25.6. The monoisotopic (exact) mass is 501 g/mol. The highest BCUT2D eigenvalue weighted by Gasteiger charge is 2.17. The fourth-order valence-corrected chi connectivity index (χ4v) is 4.13. The van der Waals surface area contributed by atoms with E-state index < -0.39 is 17.4 Å². The molecule has 2 N–H and O–H groups in total. The Balaban J connectivity index is 1.61. The summed E-state index contributed by atoms with van der Waals surface area (Å²) in [4.78, 5) is 37.6. The van der Waals surface area contributed by atoms with Gasteiger partial charge in [-0.15, -0.1) is 11.3 Å². The molecule has 0 bridgehead atoms. The van der Waals surface area contributed by atoms with E-state index in [1.165, 1.54) is 29.2 Å². The average molecular weight is 502 g/mol. The van der Waals surface area contributed by atoms with E-state index in [1.807, 2.05) is 36.4 Å². The molecule has 3 aromatic rings. The number of hydrogen-bond donors (Lipinski definition) is 2. The maximum Gasteiger partial charge on any atom is 0.407 e. The molecule has 0 aliphatic rings. The molecule has 186 valence electrons. The van der Waals surface area contributed by atoms with Crippen LogP contribution in [0.1, 0.15) is 32.6 Å². The van der Waals surface area contributed by atoms with Crippen molar-refractivity contribution >= 4 is 29.0 Å². The fraction of sp³-hybridized carbons (Fsp3) is 0.333. The average Bonchev–Trinajstić information content (AvgIpc) is 3.38. The Hall–Kier alpha value is -3.73. The summed E-state index contributed by atoms with van der Waals surface area (Å²) in [7, 11) is 0. The van der Waals surface area contributed by atoms with E-state index in [4.69, 9.17) is 4.74 Å². The molecule has 0 radical (unpaired) electrons. The number of aromatic nitrogens is 3. The van der Waals surface area contributed by atoms with Crippen molar-refractivity contribution in [2.45, 2.75) is 46.4 Å². The second-order valence-corrected chi connectivity index (χ2v) is 10.0. The summed E-state index contributed by atoms with van der Waals surface area (Å²) in [6, 6.07) is 11.4. The van der Waals surface area contributed by atoms with Gasteiger partial charge in [0.25, 0.3) is 0 Å². The van der Waals surface area contributed by atoms with Gasteiger partial charge in [0, 0.05) is 28.9 Å². The van der Waals surface area contributed by atoms with Gasteiger partial charge in [-0.1, -0.05) is 12.1 Å². The summed E-state index contributed by atoms with van der Waals surface area (Å²) in [5, 5.41) is 9.27. The van der Waals surface area contributed by atoms with Gasteiger partial charge in [-0.25, -0.2) is 18.7 Å². The number of rotatable bonds is 8. The van der Waals surface area contributed by atoms with Crippen molar-refractivity contribution in [3.05, 3.63) is 70.0 Å². The lowest BCUT2D eigenvalue weighted by atomic mass is 10.2. The van der Waals surface area contributed by atoms with Gasteiger partial charge >= 0.3 is 11.8 Å². The van der Waals surface area contributed by atoms with Crippen LogP contribution in [0.4, 0.5) is 14.9 Å². The van der Waals surface area contributed by atoms with E-state index >= 15 is 0 Å². The second kappa shape index (κ2) is 11.1. The number of amides is 2. The molecule has 0 saturated carbocycles. The van der Waals surface area contributed by atoms with Crippen LogP contribution in [0.5, 0.6) is 0 Å². The van der Waals surface area contributed by atoms with Gasteiger partial charge < -0.3 is 15.4 Å². The molecular weight excluding hydrogens is 473 g/mol. The summed E-state index contributed by atoms with van der Waals surface area (Å²) in [5.74, 6) is -0.129. The van der Waals surface area contributed by atoms with E-state index in [1.54, 1.807) is 20.8 Å². The van der Waals surface area contributed by atoms with E-state index in [2.05, 4.69) is 15.7 Å². The highest BCUT2D eigenvalue weighted by molar-refractivity contribution is 7.15. The molecule has 0 aliphatic carbocycles. The number of alkyl carbamates (subject to hydrolysis) is 1. The first kappa shape index (κ1) is 25.9. The van der Waals surface area contributed by atoms with Crippen LogP contribution in [0.2, 0.25) is 0 Å². The van der Waals surface area contributed by atoms with Gasteiger partial charge in [-0.05, 0) is 56.2 Å². The highest BCUT2D eigenvalue weighted by Crippen LogP contribution is 2.29. The van der Waals surface area contributed by atoms with Crippen LogP contribution < -0.4 is 16.3 Å². The smallest absolute Gasteiger partial charge is 0.407 e. The number of thiophene rings is 1. The van der Waals surface area contributed by atoms with Crippen LogP contribution in [-0.4, -0.2) is 38.5 Å². The molecule has 0 saturated heterocycles. The summed E-state index contributed by atoms with van der Waals surface area (Å²) < 4.78 is 21.0. The normalized spacial score (nSPS) is 11.9. The van der Waals surface area contributed by atoms with E-state index in [-0.39, 0.29) is 24.6 Å². The Morgan fingerprint density at radius 1 is 1.17 bits per heavy atom. The molecule has 2 aromatic heterocycles. The minimum Gasteiger partial charge on any atom is -0.444 e. The molecular formula is C24H28FN5O4S. The number of carbonyl (C=O) groups excluding carboxylic acids is 2. The van der Waals surface area contributed by atoms with Crippen LogP contribution in [-0.2, 0) is 22.6 Å². The lowest BCUT2D eigenvalue weighted by molar-refractivity contribution is -0.114. The molecule has 0 aliphatic heterocycles. The lowest BCUT2D eigenvalue weighted by Crippen LogP contribution is -2.34. The van der Waals surface area contributed by atoms with Gasteiger partial charge in [-0.2, -0.15) is 5.10 Å².